The summed E-state index contributed by atoms with van der Waals surface area (Å²) in [5.41, 5.74) is 1.96. The monoisotopic (exact) mass is 367 g/mol. The summed E-state index contributed by atoms with van der Waals surface area (Å²) in [6.07, 6.45) is 2.68. The number of aromatic nitrogens is 1. The van der Waals surface area contributed by atoms with Gasteiger partial charge < -0.3 is 14.4 Å². The van der Waals surface area contributed by atoms with Gasteiger partial charge in [0, 0.05) is 29.1 Å². The summed E-state index contributed by atoms with van der Waals surface area (Å²) in [5.74, 6) is 1.33. The zero-order chi connectivity index (χ0) is 18.8. The molecule has 1 fully saturated rings. The first-order valence-electron chi connectivity index (χ1n) is 9.48. The van der Waals surface area contributed by atoms with Crippen molar-refractivity contribution in [3.8, 4) is 5.75 Å². The first kappa shape index (κ1) is 17.5. The Balaban J connectivity index is 1.55. The lowest BCUT2D eigenvalue weighted by molar-refractivity contribution is -0.914. The second kappa shape index (κ2) is 7.40. The number of nitrogens with one attached hydrogen (secondary N) is 2. The average molecular weight is 367 g/mol. The van der Waals surface area contributed by atoms with Crippen LogP contribution >= 0.6 is 0 Å². The number of fused-ring (bicyclic) bond motifs is 1. The first-order valence-corrected chi connectivity index (χ1v) is 9.48. The number of piperazine rings is 1. The third-order valence-corrected chi connectivity index (χ3v) is 5.35. The number of pyridine rings is 1. The number of aromatic hydroxyl groups is 1. The maximum atomic E-state index is 12.0. The molecule has 4 rings (SSSR count). The zero-order valence-electron chi connectivity index (χ0n) is 15.5. The van der Waals surface area contributed by atoms with Crippen molar-refractivity contribution in [3.05, 3.63) is 64.1 Å². The molecule has 1 saturated heterocycles. The highest BCUT2D eigenvalue weighted by Gasteiger charge is 2.26. The van der Waals surface area contributed by atoms with Crippen LogP contribution in [0.4, 0.5) is 5.82 Å². The van der Waals surface area contributed by atoms with Crippen LogP contribution in [0.15, 0.2) is 51.8 Å². The molecule has 3 aromatic rings. The van der Waals surface area contributed by atoms with Crippen molar-refractivity contribution >= 4 is 16.8 Å². The summed E-state index contributed by atoms with van der Waals surface area (Å²) in [5, 5.41) is 11.0. The van der Waals surface area contributed by atoms with Gasteiger partial charge in [-0.1, -0.05) is 13.0 Å². The highest BCUT2D eigenvalue weighted by Crippen LogP contribution is 2.26. The van der Waals surface area contributed by atoms with Gasteiger partial charge in [0.15, 0.2) is 0 Å². The van der Waals surface area contributed by atoms with Crippen LogP contribution < -0.4 is 20.4 Å². The van der Waals surface area contributed by atoms with E-state index in [2.05, 4.69) is 16.0 Å². The molecular formula is C21H25N3O3+2. The van der Waals surface area contributed by atoms with E-state index in [0.29, 0.717) is 5.58 Å². The predicted molar refractivity (Wildman–Crippen MR) is 103 cm³/mol. The minimum absolute atomic E-state index is 0.186. The summed E-state index contributed by atoms with van der Waals surface area (Å²) < 4.78 is 5.31. The number of anilines is 1. The molecular weight excluding hydrogens is 342 g/mol. The largest absolute Gasteiger partial charge is 0.508 e. The third kappa shape index (κ3) is 3.66. The van der Waals surface area contributed by atoms with Gasteiger partial charge in [0.1, 0.15) is 44.1 Å². The van der Waals surface area contributed by atoms with Crippen molar-refractivity contribution in [2.45, 2.75) is 19.9 Å². The fraction of sp³-hybridized carbons (Fsp3) is 0.333. The molecule has 1 aromatic carbocycles. The molecule has 0 aliphatic carbocycles. The molecule has 3 heterocycles. The number of nitrogens with zero attached hydrogens (tertiary/aromatic N) is 1. The summed E-state index contributed by atoms with van der Waals surface area (Å²) in [7, 11) is 0. The molecule has 0 spiro atoms. The number of aryl methyl sites for hydroxylation is 1. The van der Waals surface area contributed by atoms with Crippen LogP contribution in [0, 0.1) is 0 Å². The molecule has 0 unspecified atom stereocenters. The van der Waals surface area contributed by atoms with Crippen LogP contribution in [-0.2, 0) is 13.0 Å². The molecule has 6 heteroatoms. The summed E-state index contributed by atoms with van der Waals surface area (Å²) >= 11 is 0. The number of quaternary nitrogens is 1. The van der Waals surface area contributed by atoms with Gasteiger partial charge in [0.25, 0.3) is 5.82 Å². The lowest BCUT2D eigenvalue weighted by atomic mass is 10.0. The number of aromatic amines is 1. The summed E-state index contributed by atoms with van der Waals surface area (Å²) in [6.45, 7) is 6.73. The Bertz CT molecular complexity index is 993. The molecule has 0 amide bonds. The van der Waals surface area contributed by atoms with Crippen molar-refractivity contribution in [2.75, 3.05) is 31.1 Å². The predicted octanol–water partition coefficient (Wildman–Crippen LogP) is 0.780. The second-order valence-corrected chi connectivity index (χ2v) is 7.08. The van der Waals surface area contributed by atoms with E-state index in [1.165, 1.54) is 4.90 Å². The smallest absolute Gasteiger partial charge is 0.336 e. The fourth-order valence-electron chi connectivity index (χ4n) is 3.83. The Hall–Kier alpha value is -2.86. The normalized spacial score (nSPS) is 15.4. The molecule has 3 N–H and O–H groups in total. The van der Waals surface area contributed by atoms with Gasteiger partial charge in [-0.05, 0) is 24.1 Å². The number of phenolic OH excluding ortho intramolecular Hbond substituents is 1. The quantitative estimate of drug-likeness (QED) is 0.669. The van der Waals surface area contributed by atoms with E-state index < -0.39 is 0 Å². The number of H-pyrrole nitrogens is 1. The maximum absolute atomic E-state index is 12.0. The van der Waals surface area contributed by atoms with E-state index in [-0.39, 0.29) is 11.4 Å². The summed E-state index contributed by atoms with van der Waals surface area (Å²) in [6, 6.07) is 11.2. The van der Waals surface area contributed by atoms with E-state index >= 15 is 0 Å². The van der Waals surface area contributed by atoms with Crippen molar-refractivity contribution in [3.63, 3.8) is 0 Å². The number of hydrogen-bond acceptors (Lipinski definition) is 4. The van der Waals surface area contributed by atoms with Gasteiger partial charge in [-0.25, -0.2) is 9.78 Å². The highest BCUT2D eigenvalue weighted by molar-refractivity contribution is 5.82. The van der Waals surface area contributed by atoms with Gasteiger partial charge in [0.2, 0.25) is 0 Å². The Kier molecular flexibility index (Phi) is 4.81. The fourth-order valence-corrected chi connectivity index (χ4v) is 3.83. The SMILES string of the molecule is CCc1cc2c(C[NH+]3CCN(c4cccc[nH+]4)CC3)cc(=O)oc2cc1O. The molecule has 0 radical (unpaired) electrons. The van der Waals surface area contributed by atoms with Crippen LogP contribution in [0.5, 0.6) is 5.75 Å². The number of benzene rings is 1. The first-order chi connectivity index (χ1) is 13.1. The van der Waals surface area contributed by atoms with Crippen molar-refractivity contribution in [2.24, 2.45) is 0 Å². The van der Waals surface area contributed by atoms with Gasteiger partial charge in [-0.2, -0.15) is 0 Å². The molecule has 0 bridgehead atoms. The lowest BCUT2D eigenvalue weighted by Crippen LogP contribution is -3.13. The minimum Gasteiger partial charge on any atom is -0.508 e. The minimum atomic E-state index is -0.363. The molecule has 0 saturated carbocycles. The Morgan fingerprint density at radius 3 is 2.70 bits per heavy atom. The molecule has 1 aliphatic heterocycles. The Morgan fingerprint density at radius 2 is 2.00 bits per heavy atom. The molecule has 0 atom stereocenters. The van der Waals surface area contributed by atoms with E-state index in [0.717, 1.165) is 61.5 Å². The maximum Gasteiger partial charge on any atom is 0.336 e. The number of phenols is 1. The van der Waals surface area contributed by atoms with Crippen LogP contribution in [0.3, 0.4) is 0 Å². The number of hydrogen-bond donors (Lipinski definition) is 2. The van der Waals surface area contributed by atoms with Crippen molar-refractivity contribution < 1.29 is 19.4 Å². The van der Waals surface area contributed by atoms with Gasteiger partial charge in [0.05, 0.1) is 6.20 Å². The second-order valence-electron chi connectivity index (χ2n) is 7.08. The average Bonchev–Trinajstić information content (AvgIpc) is 2.68. The topological polar surface area (TPSA) is 72.3 Å². The molecule has 2 aromatic heterocycles. The molecule has 1 aliphatic rings. The van der Waals surface area contributed by atoms with Crippen LogP contribution in [0.1, 0.15) is 18.1 Å². The number of rotatable bonds is 4. The van der Waals surface area contributed by atoms with Gasteiger partial charge >= 0.3 is 5.63 Å². The van der Waals surface area contributed by atoms with Crippen molar-refractivity contribution in [1.29, 1.82) is 0 Å². The van der Waals surface area contributed by atoms with E-state index in [1.54, 1.807) is 12.1 Å². The Labute approximate surface area is 157 Å². The van der Waals surface area contributed by atoms with Gasteiger partial charge in [-0.15, -0.1) is 0 Å². The van der Waals surface area contributed by atoms with E-state index in [1.807, 2.05) is 31.3 Å². The van der Waals surface area contributed by atoms with Crippen LogP contribution in [-0.4, -0.2) is 31.3 Å². The van der Waals surface area contributed by atoms with Crippen molar-refractivity contribution in [1.82, 2.24) is 0 Å². The summed E-state index contributed by atoms with van der Waals surface area (Å²) in [4.78, 5) is 19.1. The molecule has 6 nitrogen and oxygen atoms in total. The third-order valence-electron chi connectivity index (χ3n) is 5.35. The van der Waals surface area contributed by atoms with Crippen LogP contribution in [0.25, 0.3) is 11.0 Å². The van der Waals surface area contributed by atoms with E-state index in [9.17, 15) is 9.90 Å². The van der Waals surface area contributed by atoms with Crippen LogP contribution in [0.2, 0.25) is 0 Å². The molecule has 27 heavy (non-hydrogen) atoms. The lowest BCUT2D eigenvalue weighted by Gasteiger charge is -2.28. The zero-order valence-corrected chi connectivity index (χ0v) is 15.5. The van der Waals surface area contributed by atoms with E-state index in [4.69, 9.17) is 4.42 Å². The van der Waals surface area contributed by atoms with Gasteiger partial charge in [-0.3, -0.25) is 4.90 Å². The molecule has 140 valence electrons. The highest BCUT2D eigenvalue weighted by atomic mass is 16.4. The Morgan fingerprint density at radius 1 is 1.19 bits per heavy atom. The standard InChI is InChI=1S/C21H23N3O3/c1-2-15-11-17-16(12-21(26)27-19(17)13-18(15)25)14-23-7-9-24(10-8-23)20-5-3-4-6-22-20/h3-6,11-13,25H,2,7-10,14H2,1H3/p+2.